The number of benzene rings is 3. The van der Waals surface area contributed by atoms with Crippen LogP contribution in [0.2, 0.25) is 0 Å². The number of carboxylic acids is 1. The van der Waals surface area contributed by atoms with Crippen molar-refractivity contribution in [3.05, 3.63) is 94.6 Å². The lowest BCUT2D eigenvalue weighted by Crippen LogP contribution is -2.14. The predicted molar refractivity (Wildman–Crippen MR) is 133 cm³/mol. The summed E-state index contributed by atoms with van der Waals surface area (Å²) in [5.41, 5.74) is 4.20. The molecule has 0 bridgehead atoms. The Bertz CT molecular complexity index is 1370. The minimum absolute atomic E-state index is 0.00674. The van der Waals surface area contributed by atoms with Crippen molar-refractivity contribution >= 4 is 40.1 Å². The summed E-state index contributed by atoms with van der Waals surface area (Å²) >= 11 is 1.06. The number of aryl methyl sites for hydroxylation is 1. The number of ether oxygens (including phenoxy) is 1. The molecule has 34 heavy (non-hydrogen) atoms. The zero-order chi connectivity index (χ0) is 24.2. The molecular formula is C27H24N2O4S. The maximum Gasteiger partial charge on any atom is 0.336 e. The molecule has 0 aliphatic rings. The molecule has 172 valence electrons. The van der Waals surface area contributed by atoms with E-state index in [4.69, 9.17) is 4.74 Å². The molecule has 0 unspecified atom stereocenters. The number of aromatic nitrogens is 2. The quantitative estimate of drug-likeness (QED) is 0.259. The van der Waals surface area contributed by atoms with Crippen molar-refractivity contribution in [2.75, 3.05) is 0 Å². The minimum atomic E-state index is -1.17. The average molecular weight is 473 g/mol. The lowest BCUT2D eigenvalue weighted by Gasteiger charge is -2.14. The number of carboxylic acid groups (broad SMARTS) is 1. The summed E-state index contributed by atoms with van der Waals surface area (Å²) < 4.78 is 14.1. The van der Waals surface area contributed by atoms with Gasteiger partial charge in [0.05, 0.1) is 23.4 Å². The van der Waals surface area contributed by atoms with Crippen LogP contribution in [0.4, 0.5) is 0 Å². The van der Waals surface area contributed by atoms with Crippen molar-refractivity contribution in [3.63, 3.8) is 0 Å². The number of hydrogen-bond donors (Lipinski definition) is 1. The highest BCUT2D eigenvalue weighted by Crippen LogP contribution is 2.28. The molecule has 0 radical (unpaired) electrons. The number of ketones is 1. The highest BCUT2D eigenvalue weighted by atomic mass is 32.1. The molecule has 0 saturated carbocycles. The highest BCUT2D eigenvalue weighted by molar-refractivity contribution is 7.00. The van der Waals surface area contributed by atoms with Gasteiger partial charge in [0, 0.05) is 17.6 Å². The van der Waals surface area contributed by atoms with Crippen LogP contribution < -0.4 is 4.74 Å². The second kappa shape index (κ2) is 9.97. The van der Waals surface area contributed by atoms with Crippen LogP contribution in [0.3, 0.4) is 0 Å². The van der Waals surface area contributed by atoms with E-state index in [9.17, 15) is 14.7 Å². The van der Waals surface area contributed by atoms with Crippen molar-refractivity contribution in [2.24, 2.45) is 0 Å². The molecule has 1 heterocycles. The molecule has 0 spiro atoms. The predicted octanol–water partition coefficient (Wildman–Crippen LogP) is 5.75. The number of carbonyl (C=O) groups is 2. The molecule has 1 N–H and O–H groups in total. The molecule has 0 saturated heterocycles. The zero-order valence-electron chi connectivity index (χ0n) is 19.1. The van der Waals surface area contributed by atoms with E-state index in [1.54, 1.807) is 42.5 Å². The summed E-state index contributed by atoms with van der Waals surface area (Å²) in [6.45, 7) is 5.83. The van der Waals surface area contributed by atoms with Crippen LogP contribution in [-0.4, -0.2) is 31.7 Å². The normalized spacial score (nSPS) is 12.0. The van der Waals surface area contributed by atoms with Crippen molar-refractivity contribution in [2.45, 2.75) is 33.3 Å². The van der Waals surface area contributed by atoms with Gasteiger partial charge < -0.3 is 9.84 Å². The first kappa shape index (κ1) is 23.3. The molecular weight excluding hydrogens is 448 g/mol. The molecule has 0 atom stereocenters. The third-order valence-corrected chi connectivity index (χ3v) is 5.88. The Morgan fingerprint density at radius 2 is 1.56 bits per heavy atom. The van der Waals surface area contributed by atoms with Gasteiger partial charge >= 0.3 is 5.97 Å². The van der Waals surface area contributed by atoms with Crippen LogP contribution in [0.25, 0.3) is 16.6 Å². The number of aliphatic carboxylic acids is 1. The fraction of sp³-hybridized carbons (Fsp3) is 0.185. The molecule has 0 fully saturated rings. The fourth-order valence-corrected chi connectivity index (χ4v) is 4.21. The number of carbonyl (C=O) groups excluding carboxylic acids is 1. The van der Waals surface area contributed by atoms with Gasteiger partial charge in [0.25, 0.3) is 0 Å². The highest BCUT2D eigenvalue weighted by Gasteiger charge is 2.24. The second-order valence-electron chi connectivity index (χ2n) is 8.31. The lowest BCUT2D eigenvalue weighted by atomic mass is 9.89. The summed E-state index contributed by atoms with van der Waals surface area (Å²) in [6, 6.07) is 19.6. The summed E-state index contributed by atoms with van der Waals surface area (Å²) in [4.78, 5) is 26.2. The number of allylic oxidation sites excluding steroid dienone is 1. The van der Waals surface area contributed by atoms with Gasteiger partial charge in [-0.25, -0.2) is 4.79 Å². The fourth-order valence-electron chi connectivity index (χ4n) is 3.69. The molecule has 0 aliphatic carbocycles. The van der Waals surface area contributed by atoms with Gasteiger partial charge in [-0.05, 0) is 68.3 Å². The first-order chi connectivity index (χ1) is 16.3. The van der Waals surface area contributed by atoms with E-state index in [1.165, 1.54) is 0 Å². The average Bonchev–Trinajstić information content (AvgIpc) is 3.27. The molecule has 4 aromatic rings. The van der Waals surface area contributed by atoms with Crippen LogP contribution in [-0.2, 0) is 11.2 Å². The first-order valence-electron chi connectivity index (χ1n) is 10.9. The zero-order valence-corrected chi connectivity index (χ0v) is 19.9. The van der Waals surface area contributed by atoms with Crippen molar-refractivity contribution in [1.82, 2.24) is 8.75 Å². The Balaban J connectivity index is 1.84. The van der Waals surface area contributed by atoms with Gasteiger partial charge in [-0.3, -0.25) is 4.79 Å². The number of rotatable bonds is 8. The van der Waals surface area contributed by atoms with E-state index in [2.05, 4.69) is 8.75 Å². The van der Waals surface area contributed by atoms with Gasteiger partial charge in [-0.1, -0.05) is 35.9 Å². The Morgan fingerprint density at radius 3 is 2.21 bits per heavy atom. The van der Waals surface area contributed by atoms with Gasteiger partial charge in [0.15, 0.2) is 5.78 Å². The van der Waals surface area contributed by atoms with Gasteiger partial charge in [0.2, 0.25) is 0 Å². The molecule has 4 rings (SSSR count). The number of hydrogen-bond acceptors (Lipinski definition) is 6. The monoisotopic (exact) mass is 472 g/mol. The number of nitrogens with zero attached hydrogens (tertiary/aromatic N) is 2. The molecule has 6 nitrogen and oxygen atoms in total. The molecule has 0 amide bonds. The number of Topliss-reactive ketones (excluding diaryl/α,β-unsaturated/α-hetero) is 1. The molecule has 3 aromatic carbocycles. The third-order valence-electron chi connectivity index (χ3n) is 5.32. The maximum atomic E-state index is 13.7. The van der Waals surface area contributed by atoms with E-state index in [0.29, 0.717) is 27.9 Å². The standard InChI is InChI=1S/C27H24N2O4S/c1-16(2)33-21-11-8-19(9-12-21)26(30)22(14-18-6-4-17(3)5-7-18)25(27(31)32)20-10-13-23-24(15-20)29-34-28-23/h4-13,15-16H,14H2,1-3H3,(H,31,32). The summed E-state index contributed by atoms with van der Waals surface area (Å²) in [6.07, 6.45) is 0.186. The van der Waals surface area contributed by atoms with E-state index in [-0.39, 0.29) is 29.5 Å². The first-order valence-corrected chi connectivity index (χ1v) is 11.6. The van der Waals surface area contributed by atoms with Crippen molar-refractivity contribution in [3.8, 4) is 5.75 Å². The molecule has 1 aromatic heterocycles. The second-order valence-corrected chi connectivity index (χ2v) is 8.84. The van der Waals surface area contributed by atoms with Crippen LogP contribution in [0.1, 0.15) is 40.9 Å². The van der Waals surface area contributed by atoms with E-state index >= 15 is 0 Å². The van der Waals surface area contributed by atoms with E-state index < -0.39 is 5.97 Å². The Kier molecular flexibility index (Phi) is 6.84. The van der Waals surface area contributed by atoms with Crippen molar-refractivity contribution < 1.29 is 19.4 Å². The summed E-state index contributed by atoms with van der Waals surface area (Å²) in [7, 11) is 0. The van der Waals surface area contributed by atoms with E-state index in [0.717, 1.165) is 22.9 Å². The Morgan fingerprint density at radius 1 is 0.912 bits per heavy atom. The minimum Gasteiger partial charge on any atom is -0.491 e. The van der Waals surface area contributed by atoms with Crippen LogP contribution in [0.15, 0.2) is 72.3 Å². The Labute approximate surface area is 201 Å². The van der Waals surface area contributed by atoms with Crippen LogP contribution >= 0.6 is 11.7 Å². The van der Waals surface area contributed by atoms with Crippen LogP contribution in [0, 0.1) is 6.92 Å². The topological polar surface area (TPSA) is 89.4 Å². The Hall–Kier alpha value is -3.84. The maximum absolute atomic E-state index is 13.7. The smallest absolute Gasteiger partial charge is 0.336 e. The largest absolute Gasteiger partial charge is 0.491 e. The lowest BCUT2D eigenvalue weighted by molar-refractivity contribution is -0.130. The SMILES string of the molecule is Cc1ccc(CC(C(=O)c2ccc(OC(C)C)cc2)=C(C(=O)O)c2ccc3nsnc3c2)cc1. The van der Waals surface area contributed by atoms with Gasteiger partial charge in [-0.2, -0.15) is 8.75 Å². The molecule has 7 heteroatoms. The van der Waals surface area contributed by atoms with Crippen molar-refractivity contribution in [1.29, 1.82) is 0 Å². The third kappa shape index (κ3) is 5.21. The summed E-state index contributed by atoms with van der Waals surface area (Å²) in [5.74, 6) is -0.862. The van der Waals surface area contributed by atoms with Gasteiger partial charge in [-0.15, -0.1) is 0 Å². The van der Waals surface area contributed by atoms with Crippen LogP contribution in [0.5, 0.6) is 5.75 Å². The molecule has 0 aliphatic heterocycles. The number of fused-ring (bicyclic) bond motifs is 1. The van der Waals surface area contributed by atoms with Gasteiger partial charge in [0.1, 0.15) is 16.8 Å². The summed E-state index contributed by atoms with van der Waals surface area (Å²) in [5, 5.41) is 10.2. The van der Waals surface area contributed by atoms with E-state index in [1.807, 2.05) is 45.0 Å².